The Labute approximate surface area is 100 Å². The first-order chi connectivity index (χ1) is 7.74. The van der Waals surface area contributed by atoms with Gasteiger partial charge in [-0.05, 0) is 19.8 Å². The van der Waals surface area contributed by atoms with Gasteiger partial charge in [-0.25, -0.2) is 0 Å². The molecule has 0 spiro atoms. The Morgan fingerprint density at radius 1 is 1.44 bits per heavy atom. The summed E-state index contributed by atoms with van der Waals surface area (Å²) in [6.45, 7) is 2.45. The summed E-state index contributed by atoms with van der Waals surface area (Å²) >= 11 is 5.56. The van der Waals surface area contributed by atoms with E-state index < -0.39 is 0 Å². The standard InChI is InChI=1S/C11H17ClN2O2/c1-9-8-10(16-14-9)11(15)13-7-5-3-2-4-6-12/h8H,2-7H2,1H3,(H,13,15). The van der Waals surface area contributed by atoms with Gasteiger partial charge >= 0.3 is 0 Å². The van der Waals surface area contributed by atoms with E-state index in [0.717, 1.165) is 25.7 Å². The number of hydrogen-bond donors (Lipinski definition) is 1. The van der Waals surface area contributed by atoms with Crippen LogP contribution < -0.4 is 5.32 Å². The van der Waals surface area contributed by atoms with Gasteiger partial charge in [-0.3, -0.25) is 4.79 Å². The van der Waals surface area contributed by atoms with Crippen LogP contribution in [0, 0.1) is 6.92 Å². The van der Waals surface area contributed by atoms with Crippen LogP contribution in [0.5, 0.6) is 0 Å². The summed E-state index contributed by atoms with van der Waals surface area (Å²) in [7, 11) is 0. The minimum Gasteiger partial charge on any atom is -0.351 e. The average molecular weight is 245 g/mol. The Kier molecular flexibility index (Phi) is 5.93. The smallest absolute Gasteiger partial charge is 0.289 e. The molecular formula is C11H17ClN2O2. The maximum atomic E-state index is 11.5. The first-order valence-electron chi connectivity index (χ1n) is 5.51. The Hall–Kier alpha value is -1.03. The van der Waals surface area contributed by atoms with E-state index in [1.54, 1.807) is 13.0 Å². The molecule has 4 nitrogen and oxygen atoms in total. The Balaban J connectivity index is 2.11. The molecule has 1 N–H and O–H groups in total. The van der Waals surface area contributed by atoms with Crippen molar-refractivity contribution in [3.05, 3.63) is 17.5 Å². The van der Waals surface area contributed by atoms with Gasteiger partial charge in [0.25, 0.3) is 5.91 Å². The highest BCUT2D eigenvalue weighted by molar-refractivity contribution is 6.17. The van der Waals surface area contributed by atoms with Gasteiger partial charge in [0, 0.05) is 18.5 Å². The van der Waals surface area contributed by atoms with Crippen LogP contribution in [0.4, 0.5) is 0 Å². The first kappa shape index (κ1) is 13.0. The van der Waals surface area contributed by atoms with Gasteiger partial charge in [0.05, 0.1) is 5.69 Å². The number of nitrogens with one attached hydrogen (secondary N) is 1. The second-order valence-corrected chi connectivity index (χ2v) is 4.07. The van der Waals surface area contributed by atoms with Gasteiger partial charge in [0.2, 0.25) is 5.76 Å². The molecule has 5 heteroatoms. The zero-order chi connectivity index (χ0) is 11.8. The van der Waals surface area contributed by atoms with E-state index in [-0.39, 0.29) is 11.7 Å². The van der Waals surface area contributed by atoms with Gasteiger partial charge in [-0.1, -0.05) is 18.0 Å². The van der Waals surface area contributed by atoms with Crippen molar-refractivity contribution in [1.82, 2.24) is 10.5 Å². The molecule has 1 heterocycles. The molecule has 0 saturated heterocycles. The van der Waals surface area contributed by atoms with Crippen molar-refractivity contribution in [3.8, 4) is 0 Å². The lowest BCUT2D eigenvalue weighted by Gasteiger charge is -2.01. The van der Waals surface area contributed by atoms with Crippen LogP contribution in [0.25, 0.3) is 0 Å². The van der Waals surface area contributed by atoms with E-state index in [0.29, 0.717) is 18.1 Å². The quantitative estimate of drug-likeness (QED) is 0.592. The van der Waals surface area contributed by atoms with Crippen LogP contribution in [-0.4, -0.2) is 23.5 Å². The molecule has 0 aliphatic rings. The number of hydrogen-bond acceptors (Lipinski definition) is 3. The molecule has 90 valence electrons. The van der Waals surface area contributed by atoms with Crippen molar-refractivity contribution in [2.75, 3.05) is 12.4 Å². The molecule has 0 radical (unpaired) electrons. The van der Waals surface area contributed by atoms with Gasteiger partial charge in [-0.15, -0.1) is 11.6 Å². The summed E-state index contributed by atoms with van der Waals surface area (Å²) in [4.78, 5) is 11.5. The van der Waals surface area contributed by atoms with Gasteiger partial charge in [-0.2, -0.15) is 0 Å². The van der Waals surface area contributed by atoms with Crippen LogP contribution in [0.3, 0.4) is 0 Å². The fourth-order valence-corrected chi connectivity index (χ4v) is 1.52. The SMILES string of the molecule is Cc1cc(C(=O)NCCCCCCCl)on1. The van der Waals surface area contributed by atoms with Gasteiger partial charge in [0.1, 0.15) is 0 Å². The minimum absolute atomic E-state index is 0.196. The summed E-state index contributed by atoms with van der Waals surface area (Å²) in [6.07, 6.45) is 4.20. The topological polar surface area (TPSA) is 55.1 Å². The number of unbranched alkanes of at least 4 members (excludes halogenated alkanes) is 3. The second-order valence-electron chi connectivity index (χ2n) is 3.69. The zero-order valence-corrected chi connectivity index (χ0v) is 10.2. The predicted octanol–water partition coefficient (Wildman–Crippen LogP) is 2.51. The third-order valence-corrected chi connectivity index (χ3v) is 2.46. The number of aromatic nitrogens is 1. The van der Waals surface area contributed by atoms with E-state index >= 15 is 0 Å². The lowest BCUT2D eigenvalue weighted by atomic mass is 10.2. The van der Waals surface area contributed by atoms with E-state index in [1.807, 2.05) is 0 Å². The summed E-state index contributed by atoms with van der Waals surface area (Å²) in [5, 5.41) is 6.44. The summed E-state index contributed by atoms with van der Waals surface area (Å²) in [6, 6.07) is 1.63. The van der Waals surface area contributed by atoms with Crippen molar-refractivity contribution in [3.63, 3.8) is 0 Å². The maximum Gasteiger partial charge on any atom is 0.289 e. The molecule has 0 atom stereocenters. The number of carbonyl (C=O) groups is 1. The number of aryl methyl sites for hydroxylation is 1. The summed E-state index contributed by atoms with van der Waals surface area (Å²) in [5.41, 5.74) is 0.715. The maximum absolute atomic E-state index is 11.5. The van der Waals surface area contributed by atoms with Crippen molar-refractivity contribution >= 4 is 17.5 Å². The van der Waals surface area contributed by atoms with Gasteiger partial charge in [0.15, 0.2) is 0 Å². The Morgan fingerprint density at radius 3 is 2.81 bits per heavy atom. The lowest BCUT2D eigenvalue weighted by molar-refractivity contribution is 0.0916. The fraction of sp³-hybridized carbons (Fsp3) is 0.636. The third kappa shape index (κ3) is 4.66. The largest absolute Gasteiger partial charge is 0.351 e. The van der Waals surface area contributed by atoms with Crippen molar-refractivity contribution in [1.29, 1.82) is 0 Å². The molecule has 1 amide bonds. The number of amides is 1. The molecule has 0 aromatic carbocycles. The van der Waals surface area contributed by atoms with Crippen molar-refractivity contribution < 1.29 is 9.32 Å². The zero-order valence-electron chi connectivity index (χ0n) is 9.46. The molecule has 0 saturated carbocycles. The molecule has 0 aliphatic heterocycles. The highest BCUT2D eigenvalue weighted by Gasteiger charge is 2.09. The Morgan fingerprint density at radius 2 is 2.19 bits per heavy atom. The van der Waals surface area contributed by atoms with E-state index in [9.17, 15) is 4.79 Å². The summed E-state index contributed by atoms with van der Waals surface area (Å²) in [5.74, 6) is 0.792. The van der Waals surface area contributed by atoms with Crippen molar-refractivity contribution in [2.24, 2.45) is 0 Å². The molecule has 0 fully saturated rings. The van der Waals surface area contributed by atoms with Crippen LogP contribution in [0.15, 0.2) is 10.6 Å². The number of alkyl halides is 1. The Bertz CT molecular complexity index is 326. The molecular weight excluding hydrogens is 228 g/mol. The fourth-order valence-electron chi connectivity index (χ4n) is 1.33. The van der Waals surface area contributed by atoms with Crippen LogP contribution >= 0.6 is 11.6 Å². The molecule has 1 aromatic rings. The highest BCUT2D eigenvalue weighted by atomic mass is 35.5. The minimum atomic E-state index is -0.196. The average Bonchev–Trinajstić information content (AvgIpc) is 2.70. The van der Waals surface area contributed by atoms with Crippen LogP contribution in [0.1, 0.15) is 41.9 Å². The molecule has 16 heavy (non-hydrogen) atoms. The monoisotopic (exact) mass is 244 g/mol. The number of halogens is 1. The molecule has 0 unspecified atom stereocenters. The molecule has 0 aliphatic carbocycles. The van der Waals surface area contributed by atoms with E-state index in [4.69, 9.17) is 16.1 Å². The number of nitrogens with zero attached hydrogens (tertiary/aromatic N) is 1. The number of carbonyl (C=O) groups excluding carboxylic acids is 1. The number of rotatable bonds is 7. The van der Waals surface area contributed by atoms with Gasteiger partial charge < -0.3 is 9.84 Å². The van der Waals surface area contributed by atoms with Crippen LogP contribution in [-0.2, 0) is 0 Å². The second kappa shape index (κ2) is 7.28. The summed E-state index contributed by atoms with van der Waals surface area (Å²) < 4.78 is 4.84. The van der Waals surface area contributed by atoms with E-state index in [1.165, 1.54) is 0 Å². The molecule has 0 bridgehead atoms. The van der Waals surface area contributed by atoms with Crippen molar-refractivity contribution in [2.45, 2.75) is 32.6 Å². The predicted molar refractivity (Wildman–Crippen MR) is 62.8 cm³/mol. The first-order valence-corrected chi connectivity index (χ1v) is 6.05. The molecule has 1 aromatic heterocycles. The molecule has 1 rings (SSSR count). The van der Waals surface area contributed by atoms with Crippen LogP contribution in [0.2, 0.25) is 0 Å². The normalized spacial score (nSPS) is 10.4. The highest BCUT2D eigenvalue weighted by Crippen LogP contribution is 2.03. The van der Waals surface area contributed by atoms with E-state index in [2.05, 4.69) is 10.5 Å². The lowest BCUT2D eigenvalue weighted by Crippen LogP contribution is -2.23. The third-order valence-electron chi connectivity index (χ3n) is 2.20.